The lowest BCUT2D eigenvalue weighted by atomic mass is 9.92. The van der Waals surface area contributed by atoms with Crippen LogP contribution in [0.3, 0.4) is 0 Å². The first-order chi connectivity index (χ1) is 14.1. The monoisotopic (exact) mass is 400 g/mol. The molecule has 29 heavy (non-hydrogen) atoms. The van der Waals surface area contributed by atoms with E-state index in [0.717, 1.165) is 50.5 Å². The second-order valence-electron chi connectivity index (χ2n) is 8.71. The molecule has 2 fully saturated rings. The fourth-order valence-electron chi connectivity index (χ4n) is 3.87. The summed E-state index contributed by atoms with van der Waals surface area (Å²) in [6.45, 7) is 4.08. The first-order valence-electron chi connectivity index (χ1n) is 11.4. The van der Waals surface area contributed by atoms with E-state index in [1.165, 1.54) is 37.7 Å². The van der Waals surface area contributed by atoms with Crippen LogP contribution < -0.4 is 15.4 Å². The molecule has 1 aliphatic heterocycles. The van der Waals surface area contributed by atoms with E-state index in [0.29, 0.717) is 12.5 Å². The highest BCUT2D eigenvalue weighted by Crippen LogP contribution is 2.30. The zero-order valence-electron chi connectivity index (χ0n) is 17.8. The van der Waals surface area contributed by atoms with Crippen molar-refractivity contribution in [2.45, 2.75) is 77.2 Å². The quantitative estimate of drug-likeness (QED) is 0.377. The van der Waals surface area contributed by atoms with Crippen LogP contribution in [0.4, 0.5) is 0 Å². The Labute approximate surface area is 175 Å². The van der Waals surface area contributed by atoms with Gasteiger partial charge in [0.2, 0.25) is 11.8 Å². The average molecular weight is 401 g/mol. The van der Waals surface area contributed by atoms with Gasteiger partial charge in [-0.15, -0.1) is 0 Å². The predicted octanol–water partition coefficient (Wildman–Crippen LogP) is 4.52. The number of carbonyl (C=O) groups is 2. The van der Waals surface area contributed by atoms with Gasteiger partial charge < -0.3 is 10.1 Å². The van der Waals surface area contributed by atoms with Crippen molar-refractivity contribution >= 4 is 11.8 Å². The Morgan fingerprint density at radius 1 is 1.10 bits per heavy atom. The van der Waals surface area contributed by atoms with Crippen molar-refractivity contribution in [2.75, 3.05) is 13.2 Å². The summed E-state index contributed by atoms with van der Waals surface area (Å²) in [4.78, 5) is 22.9. The molecule has 0 aromatic heterocycles. The summed E-state index contributed by atoms with van der Waals surface area (Å²) in [7, 11) is 0. The van der Waals surface area contributed by atoms with Gasteiger partial charge >= 0.3 is 0 Å². The normalized spacial score (nSPS) is 20.4. The minimum atomic E-state index is -0.120. The van der Waals surface area contributed by atoms with Crippen LogP contribution in [0.25, 0.3) is 0 Å². The van der Waals surface area contributed by atoms with E-state index >= 15 is 0 Å². The van der Waals surface area contributed by atoms with E-state index < -0.39 is 0 Å². The summed E-state index contributed by atoms with van der Waals surface area (Å²) in [5.74, 6) is 1.61. The molecule has 0 radical (unpaired) electrons. The zero-order chi connectivity index (χ0) is 20.5. The van der Waals surface area contributed by atoms with Gasteiger partial charge in [-0.1, -0.05) is 37.8 Å². The van der Waals surface area contributed by atoms with E-state index in [2.05, 4.69) is 35.8 Å². The highest BCUT2D eigenvalue weighted by atomic mass is 16.5. The summed E-state index contributed by atoms with van der Waals surface area (Å²) < 4.78 is 5.89. The third-order valence-corrected chi connectivity index (χ3v) is 6.07. The van der Waals surface area contributed by atoms with E-state index in [9.17, 15) is 9.59 Å². The van der Waals surface area contributed by atoms with Gasteiger partial charge in [0.15, 0.2) is 0 Å². The molecule has 5 nitrogen and oxygen atoms in total. The molecule has 5 heteroatoms. The summed E-state index contributed by atoms with van der Waals surface area (Å²) >= 11 is 0. The van der Waals surface area contributed by atoms with Crippen molar-refractivity contribution in [3.05, 3.63) is 29.8 Å². The molecular formula is C24H36N2O3. The van der Waals surface area contributed by atoms with Crippen LogP contribution in [0.1, 0.15) is 82.7 Å². The lowest BCUT2D eigenvalue weighted by Gasteiger charge is -2.20. The van der Waals surface area contributed by atoms with E-state index in [1.54, 1.807) is 0 Å². The fourth-order valence-corrected chi connectivity index (χ4v) is 3.87. The zero-order valence-corrected chi connectivity index (χ0v) is 17.8. The van der Waals surface area contributed by atoms with Gasteiger partial charge in [0, 0.05) is 18.4 Å². The van der Waals surface area contributed by atoms with Crippen LogP contribution in [-0.2, 0) is 9.59 Å². The Morgan fingerprint density at radius 3 is 2.69 bits per heavy atom. The topological polar surface area (TPSA) is 67.4 Å². The van der Waals surface area contributed by atoms with Crippen molar-refractivity contribution in [2.24, 2.45) is 11.8 Å². The van der Waals surface area contributed by atoms with Gasteiger partial charge in [-0.25, -0.2) is 0 Å². The van der Waals surface area contributed by atoms with Crippen molar-refractivity contribution in [1.29, 1.82) is 0 Å². The molecule has 1 aromatic rings. The predicted molar refractivity (Wildman–Crippen MR) is 115 cm³/mol. The molecule has 2 atom stereocenters. The molecule has 2 aliphatic rings. The molecule has 0 spiro atoms. The third-order valence-electron chi connectivity index (χ3n) is 6.07. The number of piperidine rings is 1. The first kappa shape index (κ1) is 21.8. The number of ether oxygens (including phenoxy) is 1. The minimum absolute atomic E-state index is 0.0410. The van der Waals surface area contributed by atoms with Gasteiger partial charge in [-0.3, -0.25) is 14.9 Å². The smallest absolute Gasteiger partial charge is 0.229 e. The Kier molecular flexibility index (Phi) is 8.53. The van der Waals surface area contributed by atoms with Crippen molar-refractivity contribution in [3.8, 4) is 5.75 Å². The number of imide groups is 1. The van der Waals surface area contributed by atoms with Crippen LogP contribution in [0.15, 0.2) is 24.3 Å². The second kappa shape index (κ2) is 11.3. The van der Waals surface area contributed by atoms with Gasteiger partial charge in [0.25, 0.3) is 0 Å². The average Bonchev–Trinajstić information content (AvgIpc) is 3.54. The summed E-state index contributed by atoms with van der Waals surface area (Å²) in [5, 5.41) is 6.06. The van der Waals surface area contributed by atoms with E-state index in [1.807, 2.05) is 6.07 Å². The second-order valence-corrected chi connectivity index (χ2v) is 8.71. The van der Waals surface area contributed by atoms with Gasteiger partial charge in [0.05, 0.1) is 6.61 Å². The maximum Gasteiger partial charge on any atom is 0.229 e. The molecule has 1 heterocycles. The molecule has 1 saturated heterocycles. The largest absolute Gasteiger partial charge is 0.493 e. The molecule has 1 aliphatic carbocycles. The molecule has 2 N–H and O–H groups in total. The standard InChI is InChI=1S/C24H36N2O3/c1-18(21-9-7-10-22(16-21)29-17-19-11-12-19)25-15-6-4-2-3-5-8-20-13-14-23(27)26-24(20)28/h7,9-10,16,18-20,25H,2-6,8,11-15,17H2,1H3,(H,26,27,28)/t18-,20?/m1/s1. The van der Waals surface area contributed by atoms with Crippen LogP contribution in [0.5, 0.6) is 5.75 Å². The number of amides is 2. The van der Waals surface area contributed by atoms with E-state index in [-0.39, 0.29) is 17.7 Å². The maximum absolute atomic E-state index is 11.7. The highest BCUT2D eigenvalue weighted by molar-refractivity contribution is 5.98. The number of hydrogen-bond donors (Lipinski definition) is 2. The molecule has 1 saturated carbocycles. The Hall–Kier alpha value is -1.88. The van der Waals surface area contributed by atoms with Crippen LogP contribution in [0, 0.1) is 11.8 Å². The minimum Gasteiger partial charge on any atom is -0.493 e. The van der Waals surface area contributed by atoms with Crippen LogP contribution in [-0.4, -0.2) is 25.0 Å². The molecule has 3 rings (SSSR count). The summed E-state index contributed by atoms with van der Waals surface area (Å²) in [5.41, 5.74) is 1.28. The first-order valence-corrected chi connectivity index (χ1v) is 11.4. The molecule has 2 amide bonds. The van der Waals surface area contributed by atoms with Crippen LogP contribution in [0.2, 0.25) is 0 Å². The van der Waals surface area contributed by atoms with E-state index in [4.69, 9.17) is 4.74 Å². The number of rotatable bonds is 13. The van der Waals surface area contributed by atoms with Crippen molar-refractivity contribution in [3.63, 3.8) is 0 Å². The number of nitrogens with one attached hydrogen (secondary N) is 2. The third kappa shape index (κ3) is 7.81. The van der Waals surface area contributed by atoms with Crippen LogP contribution >= 0.6 is 0 Å². The molecule has 1 unspecified atom stereocenters. The number of carbonyl (C=O) groups excluding carboxylic acids is 2. The summed E-state index contributed by atoms with van der Waals surface area (Å²) in [6, 6.07) is 8.78. The Bertz CT molecular complexity index is 672. The van der Waals surface area contributed by atoms with Gasteiger partial charge in [-0.2, -0.15) is 0 Å². The lowest BCUT2D eigenvalue weighted by Crippen LogP contribution is -2.40. The van der Waals surface area contributed by atoms with Gasteiger partial charge in [0.1, 0.15) is 5.75 Å². The van der Waals surface area contributed by atoms with Crippen molar-refractivity contribution < 1.29 is 14.3 Å². The number of hydrogen-bond acceptors (Lipinski definition) is 4. The Balaban J connectivity index is 1.22. The number of unbranched alkanes of at least 4 members (excludes halogenated alkanes) is 4. The molecular weight excluding hydrogens is 364 g/mol. The number of benzene rings is 1. The fraction of sp³-hybridized carbons (Fsp3) is 0.667. The molecule has 160 valence electrons. The Morgan fingerprint density at radius 2 is 1.90 bits per heavy atom. The SMILES string of the molecule is C[C@@H](NCCCCCCCC1CCC(=O)NC1=O)c1cccc(OCC2CC2)c1. The lowest BCUT2D eigenvalue weighted by molar-refractivity contribution is -0.136. The molecule has 0 bridgehead atoms. The van der Waals surface area contributed by atoms with Gasteiger partial charge in [-0.05, 0) is 69.2 Å². The maximum atomic E-state index is 11.7. The summed E-state index contributed by atoms with van der Waals surface area (Å²) in [6.07, 6.45) is 10.6. The van der Waals surface area contributed by atoms with Crippen molar-refractivity contribution in [1.82, 2.24) is 10.6 Å². The molecule has 1 aromatic carbocycles. The highest BCUT2D eigenvalue weighted by Gasteiger charge is 2.25.